The molecule has 1 aliphatic heterocycles. The molecule has 3 aromatic rings. The number of nitrogens with zero attached hydrogens (tertiary/aromatic N) is 1. The van der Waals surface area contributed by atoms with Crippen LogP contribution in [0.3, 0.4) is 0 Å². The van der Waals surface area contributed by atoms with E-state index in [9.17, 15) is 9.59 Å². The summed E-state index contributed by atoms with van der Waals surface area (Å²) in [6, 6.07) is 25.8. The van der Waals surface area contributed by atoms with Gasteiger partial charge in [0, 0.05) is 17.5 Å². The predicted molar refractivity (Wildman–Crippen MR) is 113 cm³/mol. The minimum absolute atomic E-state index is 0.244. The number of methoxy groups -OCH3 is 1. The molecule has 1 aliphatic rings. The summed E-state index contributed by atoms with van der Waals surface area (Å²) < 4.78 is 11.0. The van der Waals surface area contributed by atoms with Crippen molar-refractivity contribution in [3.63, 3.8) is 0 Å². The fourth-order valence-corrected chi connectivity index (χ4v) is 3.82. The molecule has 1 saturated heterocycles. The lowest BCUT2D eigenvalue weighted by molar-refractivity contribution is -0.145. The van der Waals surface area contributed by atoms with E-state index >= 15 is 0 Å². The minimum atomic E-state index is -1.15. The van der Waals surface area contributed by atoms with E-state index in [-0.39, 0.29) is 5.91 Å². The van der Waals surface area contributed by atoms with Crippen molar-refractivity contribution in [2.45, 2.75) is 25.1 Å². The lowest BCUT2D eigenvalue weighted by Crippen LogP contribution is -2.51. The molecule has 1 heterocycles. The number of hydrogen-bond acceptors (Lipinski definition) is 4. The second-order valence-corrected chi connectivity index (χ2v) is 7.51. The Bertz CT molecular complexity index is 1030. The minimum Gasteiger partial charge on any atom is -0.497 e. The summed E-state index contributed by atoms with van der Waals surface area (Å²) in [6.45, 7) is 1.77. The van der Waals surface area contributed by atoms with Gasteiger partial charge in [-0.3, -0.25) is 9.69 Å². The molecular weight excluding hydrogens is 378 g/mol. The molecule has 0 spiro atoms. The average molecular weight is 401 g/mol. The number of carbonyl (C=O) groups excluding carboxylic acids is 2. The third-order valence-electron chi connectivity index (χ3n) is 5.46. The molecule has 2 atom stereocenters. The summed E-state index contributed by atoms with van der Waals surface area (Å²) >= 11 is 0. The number of esters is 1. The molecule has 0 N–H and O–H groups in total. The maximum absolute atomic E-state index is 13.6. The van der Waals surface area contributed by atoms with Gasteiger partial charge in [-0.25, -0.2) is 4.79 Å². The fourth-order valence-electron chi connectivity index (χ4n) is 3.82. The van der Waals surface area contributed by atoms with E-state index in [2.05, 4.69) is 0 Å². The van der Waals surface area contributed by atoms with Crippen LogP contribution in [0, 0.1) is 0 Å². The van der Waals surface area contributed by atoms with Crippen LogP contribution >= 0.6 is 0 Å². The lowest BCUT2D eigenvalue weighted by atomic mass is 9.90. The Kier molecular flexibility index (Phi) is 5.27. The van der Waals surface area contributed by atoms with Crippen LogP contribution < -0.4 is 4.74 Å². The highest BCUT2D eigenvalue weighted by atomic mass is 16.6. The second-order valence-electron chi connectivity index (χ2n) is 7.51. The monoisotopic (exact) mass is 401 g/mol. The van der Waals surface area contributed by atoms with Crippen molar-refractivity contribution in [3.8, 4) is 5.75 Å². The van der Waals surface area contributed by atoms with E-state index in [1.807, 2.05) is 72.8 Å². The number of rotatable bonds is 5. The van der Waals surface area contributed by atoms with Gasteiger partial charge < -0.3 is 9.47 Å². The van der Waals surface area contributed by atoms with Crippen LogP contribution in [0.15, 0.2) is 84.9 Å². The Balaban J connectivity index is 1.76. The number of hydrogen-bond donors (Lipinski definition) is 0. The molecule has 5 heteroatoms. The van der Waals surface area contributed by atoms with Crippen molar-refractivity contribution in [3.05, 3.63) is 102 Å². The van der Waals surface area contributed by atoms with Gasteiger partial charge in [-0.1, -0.05) is 60.7 Å². The fraction of sp³-hybridized carbons (Fsp3) is 0.200. The van der Waals surface area contributed by atoms with Crippen LogP contribution in [0.2, 0.25) is 0 Å². The molecule has 1 fully saturated rings. The van der Waals surface area contributed by atoms with E-state index in [4.69, 9.17) is 9.47 Å². The van der Waals surface area contributed by atoms with Crippen LogP contribution in [0.1, 0.15) is 34.6 Å². The first-order chi connectivity index (χ1) is 14.5. The van der Waals surface area contributed by atoms with Crippen LogP contribution in [0.5, 0.6) is 5.75 Å². The zero-order valence-corrected chi connectivity index (χ0v) is 16.9. The molecular formula is C25H23NO4. The molecule has 4 rings (SSSR count). The molecule has 0 aromatic heterocycles. The third kappa shape index (κ3) is 3.54. The first-order valence-corrected chi connectivity index (χ1v) is 9.80. The Morgan fingerprint density at radius 1 is 0.967 bits per heavy atom. The number of carbonyl (C=O) groups is 2. The highest BCUT2D eigenvalue weighted by Gasteiger charge is 2.55. The number of ether oxygens (including phenoxy) is 2. The van der Waals surface area contributed by atoms with Crippen LogP contribution in [0.4, 0.5) is 0 Å². The van der Waals surface area contributed by atoms with E-state index < -0.39 is 17.7 Å². The van der Waals surface area contributed by atoms with E-state index in [1.165, 1.54) is 0 Å². The summed E-state index contributed by atoms with van der Waals surface area (Å²) in [5.74, 6) is 0.0695. The van der Waals surface area contributed by atoms with Crippen molar-refractivity contribution in [2.24, 2.45) is 0 Å². The molecule has 0 bridgehead atoms. The zero-order chi connectivity index (χ0) is 21.1. The largest absolute Gasteiger partial charge is 0.497 e. The highest BCUT2D eigenvalue weighted by Crippen LogP contribution is 2.41. The topological polar surface area (TPSA) is 55.8 Å². The Labute approximate surface area is 175 Å². The normalized spacial score (nSPS) is 20.7. The summed E-state index contributed by atoms with van der Waals surface area (Å²) in [6.07, 6.45) is -0.452. The predicted octanol–water partition coefficient (Wildman–Crippen LogP) is 4.39. The quantitative estimate of drug-likeness (QED) is 0.595. The van der Waals surface area contributed by atoms with Gasteiger partial charge in [0.15, 0.2) is 0 Å². The molecule has 0 radical (unpaired) electrons. The molecule has 3 aromatic carbocycles. The smallest absolute Gasteiger partial charge is 0.334 e. The van der Waals surface area contributed by atoms with Crippen molar-refractivity contribution in [1.82, 2.24) is 4.90 Å². The van der Waals surface area contributed by atoms with Crippen LogP contribution in [0.25, 0.3) is 0 Å². The van der Waals surface area contributed by atoms with E-state index in [0.717, 1.165) is 16.9 Å². The Hall–Kier alpha value is -3.60. The molecule has 0 saturated carbocycles. The summed E-state index contributed by atoms with van der Waals surface area (Å²) in [7, 11) is 1.61. The van der Waals surface area contributed by atoms with Gasteiger partial charge in [0.2, 0.25) is 6.23 Å². The van der Waals surface area contributed by atoms with Gasteiger partial charge in [-0.2, -0.15) is 0 Å². The molecule has 1 amide bonds. The van der Waals surface area contributed by atoms with Gasteiger partial charge in [0.1, 0.15) is 11.3 Å². The van der Waals surface area contributed by atoms with Gasteiger partial charge in [0.05, 0.1) is 7.11 Å². The van der Waals surface area contributed by atoms with Gasteiger partial charge in [0.25, 0.3) is 5.91 Å². The number of amides is 1. The molecule has 1 unspecified atom stereocenters. The van der Waals surface area contributed by atoms with Gasteiger partial charge in [-0.05, 0) is 36.8 Å². The van der Waals surface area contributed by atoms with E-state index in [1.54, 1.807) is 31.1 Å². The lowest BCUT2D eigenvalue weighted by Gasteiger charge is -2.34. The average Bonchev–Trinajstić information content (AvgIpc) is 3.05. The SMILES string of the molecule is COc1ccc(CC2(C)C(=O)O[C@@H](c3ccccc3)N2C(=O)c2ccccc2)cc1. The third-order valence-corrected chi connectivity index (χ3v) is 5.46. The summed E-state index contributed by atoms with van der Waals surface area (Å²) in [5, 5.41) is 0. The molecule has 5 nitrogen and oxygen atoms in total. The zero-order valence-electron chi connectivity index (χ0n) is 16.9. The summed E-state index contributed by atoms with van der Waals surface area (Å²) in [5.41, 5.74) is 1.03. The highest BCUT2D eigenvalue weighted by molar-refractivity contribution is 6.00. The molecule has 152 valence electrons. The standard InChI is InChI=1S/C25H23NO4/c1-25(17-18-13-15-21(29-2)16-14-18)24(28)30-23(20-11-7-4-8-12-20)26(25)22(27)19-9-5-3-6-10-19/h3-16,23H,17H2,1-2H3/t23-,25?/m0/s1. The Morgan fingerprint density at radius 3 is 2.17 bits per heavy atom. The molecule has 30 heavy (non-hydrogen) atoms. The maximum atomic E-state index is 13.6. The van der Waals surface area contributed by atoms with Crippen molar-refractivity contribution in [1.29, 1.82) is 0 Å². The van der Waals surface area contributed by atoms with Crippen molar-refractivity contribution in [2.75, 3.05) is 7.11 Å². The first kappa shape index (κ1) is 19.7. The van der Waals surface area contributed by atoms with Crippen LogP contribution in [-0.2, 0) is 16.0 Å². The first-order valence-electron chi connectivity index (χ1n) is 9.80. The number of benzene rings is 3. The molecule has 0 aliphatic carbocycles. The van der Waals surface area contributed by atoms with Crippen molar-refractivity contribution >= 4 is 11.9 Å². The second kappa shape index (κ2) is 8.03. The van der Waals surface area contributed by atoms with Crippen LogP contribution in [-0.4, -0.2) is 29.4 Å². The van der Waals surface area contributed by atoms with Gasteiger partial charge >= 0.3 is 5.97 Å². The maximum Gasteiger partial charge on any atom is 0.334 e. The van der Waals surface area contributed by atoms with Crippen molar-refractivity contribution < 1.29 is 19.1 Å². The Morgan fingerprint density at radius 2 is 1.57 bits per heavy atom. The van der Waals surface area contributed by atoms with E-state index in [0.29, 0.717) is 12.0 Å². The summed E-state index contributed by atoms with van der Waals surface area (Å²) in [4.78, 5) is 28.2. The number of cyclic esters (lactones) is 1. The van der Waals surface area contributed by atoms with Gasteiger partial charge in [-0.15, -0.1) is 0 Å².